The van der Waals surface area contributed by atoms with Gasteiger partial charge in [-0.1, -0.05) is 28.1 Å². The molecule has 2 amide bonds. The van der Waals surface area contributed by atoms with Crippen LogP contribution in [0.4, 0.5) is 4.79 Å². The molecule has 0 radical (unpaired) electrons. The van der Waals surface area contributed by atoms with E-state index >= 15 is 0 Å². The van der Waals surface area contributed by atoms with Gasteiger partial charge in [-0.15, -0.1) is 0 Å². The largest absolute Gasteiger partial charge is 0.444 e. The summed E-state index contributed by atoms with van der Waals surface area (Å²) >= 11 is 3.41. The molecule has 1 aromatic rings. The fourth-order valence-corrected chi connectivity index (χ4v) is 3.19. The van der Waals surface area contributed by atoms with E-state index in [4.69, 9.17) is 4.74 Å². The smallest absolute Gasteiger partial charge is 0.410 e. The first-order chi connectivity index (χ1) is 11.7. The van der Waals surface area contributed by atoms with Crippen molar-refractivity contribution in [1.29, 1.82) is 0 Å². The van der Waals surface area contributed by atoms with Gasteiger partial charge in [0.15, 0.2) is 0 Å². The van der Waals surface area contributed by atoms with E-state index in [0.717, 1.165) is 22.9 Å². The predicted octanol–water partition coefficient (Wildman–Crippen LogP) is 4.20. The Morgan fingerprint density at radius 1 is 1.24 bits per heavy atom. The summed E-state index contributed by atoms with van der Waals surface area (Å²) in [4.78, 5) is 28.7. The summed E-state index contributed by atoms with van der Waals surface area (Å²) in [7, 11) is 1.78. The maximum absolute atomic E-state index is 12.9. The molecule has 1 fully saturated rings. The van der Waals surface area contributed by atoms with Gasteiger partial charge in [-0.05, 0) is 57.7 Å². The molecule has 2 rings (SSSR count). The van der Waals surface area contributed by atoms with Gasteiger partial charge in [-0.2, -0.15) is 0 Å². The molecule has 0 saturated carbocycles. The molecule has 1 atom stereocenters. The number of piperidine rings is 1. The summed E-state index contributed by atoms with van der Waals surface area (Å²) < 4.78 is 6.49. The number of likely N-dealkylation sites (N-methyl/N-ethyl adjacent to an activating group) is 1. The molecule has 5 nitrogen and oxygen atoms in total. The van der Waals surface area contributed by atoms with Crippen molar-refractivity contribution < 1.29 is 14.3 Å². The summed E-state index contributed by atoms with van der Waals surface area (Å²) in [6.45, 7) is 6.60. The zero-order valence-corrected chi connectivity index (χ0v) is 17.0. The molecule has 25 heavy (non-hydrogen) atoms. The van der Waals surface area contributed by atoms with Crippen LogP contribution in [0.2, 0.25) is 0 Å². The predicted molar refractivity (Wildman–Crippen MR) is 101 cm³/mol. The minimum atomic E-state index is -0.564. The lowest BCUT2D eigenvalue weighted by atomic mass is 10.0. The van der Waals surface area contributed by atoms with Crippen molar-refractivity contribution in [1.82, 2.24) is 9.80 Å². The molecule has 138 valence electrons. The van der Waals surface area contributed by atoms with Crippen LogP contribution in [0, 0.1) is 0 Å². The first-order valence-corrected chi connectivity index (χ1v) is 9.46. The lowest BCUT2D eigenvalue weighted by Crippen LogP contribution is -2.53. The Hall–Kier alpha value is -1.56. The number of carbonyl (C=O) groups excluding carboxylic acids is 2. The Kier molecular flexibility index (Phi) is 6.49. The average molecular weight is 411 g/mol. The minimum Gasteiger partial charge on any atom is -0.444 e. The van der Waals surface area contributed by atoms with Crippen LogP contribution in [0.3, 0.4) is 0 Å². The molecule has 0 N–H and O–H groups in total. The SMILES string of the molecule is CN(Cc1ccc(Br)cc1)C(=O)C1CCCCN1C(=O)OC(C)(C)C. The fourth-order valence-electron chi connectivity index (χ4n) is 2.92. The second-order valence-corrected chi connectivity index (χ2v) is 8.42. The number of benzene rings is 1. The van der Waals surface area contributed by atoms with Crippen molar-refractivity contribution in [3.63, 3.8) is 0 Å². The van der Waals surface area contributed by atoms with Gasteiger partial charge >= 0.3 is 6.09 Å². The van der Waals surface area contributed by atoms with Crippen molar-refractivity contribution in [3.8, 4) is 0 Å². The quantitative estimate of drug-likeness (QED) is 0.749. The number of carbonyl (C=O) groups is 2. The summed E-state index contributed by atoms with van der Waals surface area (Å²) in [6, 6.07) is 7.45. The molecule has 1 saturated heterocycles. The Morgan fingerprint density at radius 2 is 1.88 bits per heavy atom. The van der Waals surface area contributed by atoms with Crippen molar-refractivity contribution in [2.75, 3.05) is 13.6 Å². The second-order valence-electron chi connectivity index (χ2n) is 7.51. The molecule has 6 heteroatoms. The molecule has 1 aliphatic rings. The number of rotatable bonds is 3. The first-order valence-electron chi connectivity index (χ1n) is 8.66. The monoisotopic (exact) mass is 410 g/mol. The van der Waals surface area contributed by atoms with E-state index in [2.05, 4.69) is 15.9 Å². The highest BCUT2D eigenvalue weighted by atomic mass is 79.9. The van der Waals surface area contributed by atoms with Gasteiger partial charge in [0.05, 0.1) is 0 Å². The van der Waals surface area contributed by atoms with Crippen LogP contribution in [-0.4, -0.2) is 47.0 Å². The summed E-state index contributed by atoms with van der Waals surface area (Å²) in [6.07, 6.45) is 2.13. The van der Waals surface area contributed by atoms with Gasteiger partial charge in [0.1, 0.15) is 11.6 Å². The van der Waals surface area contributed by atoms with E-state index in [1.165, 1.54) is 0 Å². The molecule has 1 aromatic carbocycles. The lowest BCUT2D eigenvalue weighted by molar-refractivity contribution is -0.137. The van der Waals surface area contributed by atoms with Crippen LogP contribution >= 0.6 is 15.9 Å². The number of halogens is 1. The topological polar surface area (TPSA) is 49.9 Å². The van der Waals surface area contributed by atoms with Crippen LogP contribution in [0.1, 0.15) is 45.6 Å². The van der Waals surface area contributed by atoms with Gasteiger partial charge in [-0.25, -0.2) is 4.79 Å². The van der Waals surface area contributed by atoms with E-state index in [9.17, 15) is 9.59 Å². The van der Waals surface area contributed by atoms with Gasteiger partial charge in [-0.3, -0.25) is 9.69 Å². The molecule has 1 heterocycles. The molecule has 1 unspecified atom stereocenters. The maximum Gasteiger partial charge on any atom is 0.410 e. The zero-order chi connectivity index (χ0) is 18.6. The zero-order valence-electron chi connectivity index (χ0n) is 15.4. The molecule has 0 aromatic heterocycles. The highest BCUT2D eigenvalue weighted by molar-refractivity contribution is 9.10. The molecular weight excluding hydrogens is 384 g/mol. The van der Waals surface area contributed by atoms with E-state index < -0.39 is 17.7 Å². The minimum absolute atomic E-state index is 0.0338. The lowest BCUT2D eigenvalue weighted by Gasteiger charge is -2.37. The standard InChI is InChI=1S/C19H27BrN2O3/c1-19(2,3)25-18(24)22-12-6-5-7-16(22)17(23)21(4)13-14-8-10-15(20)11-9-14/h8-11,16H,5-7,12-13H2,1-4H3. The molecule has 0 bridgehead atoms. The normalized spacial score (nSPS) is 18.0. The maximum atomic E-state index is 12.9. The number of nitrogens with zero attached hydrogens (tertiary/aromatic N) is 2. The van der Waals surface area contributed by atoms with Crippen LogP contribution in [-0.2, 0) is 16.1 Å². The number of hydrogen-bond donors (Lipinski definition) is 0. The number of hydrogen-bond acceptors (Lipinski definition) is 3. The van der Waals surface area contributed by atoms with Crippen LogP contribution in [0.25, 0.3) is 0 Å². The first kappa shape index (κ1) is 19.8. The number of amides is 2. The van der Waals surface area contributed by atoms with Crippen LogP contribution in [0.5, 0.6) is 0 Å². The van der Waals surface area contributed by atoms with E-state index in [-0.39, 0.29) is 5.91 Å². The molecule has 0 aliphatic carbocycles. The molecular formula is C19H27BrN2O3. The number of likely N-dealkylation sites (tertiary alicyclic amines) is 1. The van der Waals surface area contributed by atoms with Crippen LogP contribution < -0.4 is 0 Å². The number of ether oxygens (including phenoxy) is 1. The Morgan fingerprint density at radius 3 is 2.48 bits per heavy atom. The highest BCUT2D eigenvalue weighted by Gasteiger charge is 2.36. The third kappa shape index (κ3) is 5.73. The van der Waals surface area contributed by atoms with E-state index in [1.54, 1.807) is 16.8 Å². The van der Waals surface area contributed by atoms with E-state index in [0.29, 0.717) is 19.5 Å². The third-order valence-electron chi connectivity index (χ3n) is 4.13. The van der Waals surface area contributed by atoms with Crippen molar-refractivity contribution >= 4 is 27.9 Å². The van der Waals surface area contributed by atoms with Crippen molar-refractivity contribution in [2.24, 2.45) is 0 Å². The molecule has 0 spiro atoms. The Labute approximate surface area is 158 Å². The Balaban J connectivity index is 2.05. The van der Waals surface area contributed by atoms with Crippen molar-refractivity contribution in [2.45, 2.75) is 58.2 Å². The highest BCUT2D eigenvalue weighted by Crippen LogP contribution is 2.22. The molecule has 1 aliphatic heterocycles. The van der Waals surface area contributed by atoms with E-state index in [1.807, 2.05) is 45.0 Å². The van der Waals surface area contributed by atoms with Gasteiger partial charge in [0, 0.05) is 24.6 Å². The van der Waals surface area contributed by atoms with Crippen LogP contribution in [0.15, 0.2) is 28.7 Å². The fraction of sp³-hybridized carbons (Fsp3) is 0.579. The summed E-state index contributed by atoms with van der Waals surface area (Å²) in [5.74, 6) is -0.0338. The summed E-state index contributed by atoms with van der Waals surface area (Å²) in [5.41, 5.74) is 0.490. The van der Waals surface area contributed by atoms with Gasteiger partial charge in [0.2, 0.25) is 5.91 Å². The van der Waals surface area contributed by atoms with Crippen molar-refractivity contribution in [3.05, 3.63) is 34.3 Å². The third-order valence-corrected chi connectivity index (χ3v) is 4.65. The second kappa shape index (κ2) is 8.21. The Bertz CT molecular complexity index is 610. The van der Waals surface area contributed by atoms with Gasteiger partial charge < -0.3 is 9.64 Å². The summed E-state index contributed by atoms with van der Waals surface area (Å²) in [5, 5.41) is 0. The van der Waals surface area contributed by atoms with Gasteiger partial charge in [0.25, 0.3) is 0 Å². The average Bonchev–Trinajstić information content (AvgIpc) is 2.54.